The Kier molecular flexibility index (Phi) is 4.93. The van der Waals surface area contributed by atoms with E-state index in [2.05, 4.69) is 5.32 Å². The van der Waals surface area contributed by atoms with Gasteiger partial charge >= 0.3 is 0 Å². The minimum absolute atomic E-state index is 0.160. The summed E-state index contributed by atoms with van der Waals surface area (Å²) in [6.45, 7) is 4.79. The predicted octanol–water partition coefficient (Wildman–Crippen LogP) is 3.19. The second-order valence-electron chi connectivity index (χ2n) is 5.10. The molecule has 1 heterocycles. The molecule has 0 spiro atoms. The van der Waals surface area contributed by atoms with Crippen molar-refractivity contribution in [1.29, 1.82) is 0 Å². The van der Waals surface area contributed by atoms with Gasteiger partial charge in [-0.05, 0) is 49.2 Å². The molecule has 1 aromatic heterocycles. The topological polar surface area (TPSA) is 45.4 Å². The molecule has 1 aromatic carbocycles. The molecule has 0 aliphatic carbocycles. The summed E-state index contributed by atoms with van der Waals surface area (Å²) in [5.74, 6) is 1.49. The van der Waals surface area contributed by atoms with Crippen molar-refractivity contribution in [3.63, 3.8) is 0 Å². The minimum atomic E-state index is -0.256. The van der Waals surface area contributed by atoms with E-state index in [-0.39, 0.29) is 24.4 Å². The first-order valence-electron chi connectivity index (χ1n) is 6.79. The smallest absolute Gasteiger partial charge is 0.134 e. The SMILES string of the molecule is CC(CO)C(C)NCc1ccc(-c2ccc(F)cc2)o1. The number of aliphatic hydroxyl groups excluding tert-OH is 1. The summed E-state index contributed by atoms with van der Waals surface area (Å²) in [4.78, 5) is 0. The summed E-state index contributed by atoms with van der Waals surface area (Å²) in [6.07, 6.45) is 0. The van der Waals surface area contributed by atoms with Crippen LogP contribution in [0.4, 0.5) is 4.39 Å². The van der Waals surface area contributed by atoms with Gasteiger partial charge in [0.15, 0.2) is 0 Å². The lowest BCUT2D eigenvalue weighted by Crippen LogP contribution is -2.33. The molecule has 4 heteroatoms. The van der Waals surface area contributed by atoms with E-state index in [1.54, 1.807) is 12.1 Å². The third-order valence-corrected chi connectivity index (χ3v) is 3.53. The lowest BCUT2D eigenvalue weighted by atomic mass is 10.1. The van der Waals surface area contributed by atoms with Crippen LogP contribution in [0.25, 0.3) is 11.3 Å². The van der Waals surface area contributed by atoms with Gasteiger partial charge in [-0.1, -0.05) is 6.92 Å². The highest BCUT2D eigenvalue weighted by Gasteiger charge is 2.11. The molecule has 0 amide bonds. The van der Waals surface area contributed by atoms with Crippen molar-refractivity contribution in [1.82, 2.24) is 5.32 Å². The van der Waals surface area contributed by atoms with Crippen molar-refractivity contribution in [2.24, 2.45) is 5.92 Å². The second kappa shape index (κ2) is 6.68. The van der Waals surface area contributed by atoms with Crippen LogP contribution >= 0.6 is 0 Å². The molecule has 108 valence electrons. The molecule has 3 nitrogen and oxygen atoms in total. The highest BCUT2D eigenvalue weighted by molar-refractivity contribution is 5.57. The van der Waals surface area contributed by atoms with E-state index in [1.807, 2.05) is 26.0 Å². The molecule has 2 unspecified atom stereocenters. The average molecular weight is 277 g/mol. The fourth-order valence-corrected chi connectivity index (χ4v) is 1.86. The van der Waals surface area contributed by atoms with Crippen molar-refractivity contribution in [3.05, 3.63) is 48.0 Å². The van der Waals surface area contributed by atoms with Gasteiger partial charge in [0.05, 0.1) is 6.54 Å². The van der Waals surface area contributed by atoms with E-state index in [9.17, 15) is 4.39 Å². The Morgan fingerprint density at radius 2 is 1.85 bits per heavy atom. The maximum absolute atomic E-state index is 12.9. The Hall–Kier alpha value is -1.65. The van der Waals surface area contributed by atoms with E-state index in [0.717, 1.165) is 17.1 Å². The fraction of sp³-hybridized carbons (Fsp3) is 0.375. The van der Waals surface area contributed by atoms with Gasteiger partial charge in [-0.2, -0.15) is 0 Å². The molecule has 2 aromatic rings. The minimum Gasteiger partial charge on any atom is -0.460 e. The number of halogens is 1. The third-order valence-electron chi connectivity index (χ3n) is 3.53. The molecule has 2 N–H and O–H groups in total. The summed E-state index contributed by atoms with van der Waals surface area (Å²) in [5, 5.41) is 12.4. The third kappa shape index (κ3) is 3.68. The number of nitrogens with one attached hydrogen (secondary N) is 1. The summed E-state index contributed by atoms with van der Waals surface area (Å²) in [7, 11) is 0. The standard InChI is InChI=1S/C16H20FNO2/c1-11(10-19)12(2)18-9-15-7-8-16(20-15)13-3-5-14(17)6-4-13/h3-8,11-12,18-19H,9-10H2,1-2H3. The zero-order valence-corrected chi connectivity index (χ0v) is 11.8. The Balaban J connectivity index is 1.97. The molecule has 2 rings (SSSR count). The second-order valence-corrected chi connectivity index (χ2v) is 5.10. The molecule has 20 heavy (non-hydrogen) atoms. The normalized spacial score (nSPS) is 14.2. The zero-order valence-electron chi connectivity index (χ0n) is 11.8. The van der Waals surface area contributed by atoms with Gasteiger partial charge in [0.25, 0.3) is 0 Å². The van der Waals surface area contributed by atoms with Crippen molar-refractivity contribution < 1.29 is 13.9 Å². The van der Waals surface area contributed by atoms with E-state index in [0.29, 0.717) is 6.54 Å². The molecule has 0 radical (unpaired) electrons. The molecular weight excluding hydrogens is 257 g/mol. The van der Waals surface area contributed by atoms with Gasteiger partial charge in [-0.25, -0.2) is 4.39 Å². The highest BCUT2D eigenvalue weighted by atomic mass is 19.1. The van der Waals surface area contributed by atoms with Crippen LogP contribution in [-0.4, -0.2) is 17.8 Å². The molecular formula is C16H20FNO2. The van der Waals surface area contributed by atoms with Crippen molar-refractivity contribution in [2.45, 2.75) is 26.4 Å². The number of rotatable bonds is 6. The molecule has 0 fully saturated rings. The maximum Gasteiger partial charge on any atom is 0.134 e. The lowest BCUT2D eigenvalue weighted by molar-refractivity contribution is 0.205. The zero-order chi connectivity index (χ0) is 14.5. The summed E-state index contributed by atoms with van der Waals surface area (Å²) >= 11 is 0. The van der Waals surface area contributed by atoms with Gasteiger partial charge in [-0.15, -0.1) is 0 Å². The van der Waals surface area contributed by atoms with Crippen LogP contribution in [0.2, 0.25) is 0 Å². The quantitative estimate of drug-likeness (QED) is 0.852. The van der Waals surface area contributed by atoms with Crippen LogP contribution in [0, 0.1) is 11.7 Å². The van der Waals surface area contributed by atoms with Crippen LogP contribution < -0.4 is 5.32 Å². The first kappa shape index (κ1) is 14.8. The fourth-order valence-electron chi connectivity index (χ4n) is 1.86. The van der Waals surface area contributed by atoms with Crippen LogP contribution in [-0.2, 0) is 6.54 Å². The Labute approximate surface area is 118 Å². The molecule has 0 aliphatic rings. The molecule has 0 saturated heterocycles. The number of benzene rings is 1. The van der Waals surface area contributed by atoms with Crippen LogP contribution in [0.5, 0.6) is 0 Å². The number of hydrogen-bond acceptors (Lipinski definition) is 3. The van der Waals surface area contributed by atoms with Gasteiger partial charge in [0.1, 0.15) is 17.3 Å². The summed E-state index contributed by atoms with van der Waals surface area (Å²) < 4.78 is 18.6. The maximum atomic E-state index is 12.9. The first-order chi connectivity index (χ1) is 9.60. The monoisotopic (exact) mass is 277 g/mol. The van der Waals surface area contributed by atoms with Crippen LogP contribution in [0.3, 0.4) is 0 Å². The van der Waals surface area contributed by atoms with E-state index in [1.165, 1.54) is 12.1 Å². The van der Waals surface area contributed by atoms with Gasteiger partial charge in [0, 0.05) is 18.2 Å². The Bertz CT molecular complexity index is 536. The molecule has 0 bridgehead atoms. The number of hydrogen-bond donors (Lipinski definition) is 2. The predicted molar refractivity (Wildman–Crippen MR) is 76.7 cm³/mol. The van der Waals surface area contributed by atoms with E-state index in [4.69, 9.17) is 9.52 Å². The molecule has 0 saturated carbocycles. The van der Waals surface area contributed by atoms with Crippen molar-refractivity contribution in [3.8, 4) is 11.3 Å². The van der Waals surface area contributed by atoms with Gasteiger partial charge < -0.3 is 14.8 Å². The van der Waals surface area contributed by atoms with Gasteiger partial charge in [0.2, 0.25) is 0 Å². The molecule has 0 aliphatic heterocycles. The van der Waals surface area contributed by atoms with Crippen molar-refractivity contribution in [2.75, 3.05) is 6.61 Å². The van der Waals surface area contributed by atoms with Crippen LogP contribution in [0.15, 0.2) is 40.8 Å². The lowest BCUT2D eigenvalue weighted by Gasteiger charge is -2.18. The average Bonchev–Trinajstić information content (AvgIpc) is 2.93. The largest absolute Gasteiger partial charge is 0.460 e. The highest BCUT2D eigenvalue weighted by Crippen LogP contribution is 2.22. The first-order valence-corrected chi connectivity index (χ1v) is 6.79. The number of aliphatic hydroxyl groups is 1. The Morgan fingerprint density at radius 1 is 1.15 bits per heavy atom. The van der Waals surface area contributed by atoms with E-state index < -0.39 is 0 Å². The Morgan fingerprint density at radius 3 is 2.50 bits per heavy atom. The van der Waals surface area contributed by atoms with Crippen molar-refractivity contribution >= 4 is 0 Å². The van der Waals surface area contributed by atoms with E-state index >= 15 is 0 Å². The van der Waals surface area contributed by atoms with Crippen LogP contribution in [0.1, 0.15) is 19.6 Å². The molecule has 2 atom stereocenters. The summed E-state index contributed by atoms with van der Waals surface area (Å²) in [6, 6.07) is 10.2. The van der Waals surface area contributed by atoms with Gasteiger partial charge in [-0.3, -0.25) is 0 Å². The summed E-state index contributed by atoms with van der Waals surface area (Å²) in [5.41, 5.74) is 0.856. The number of furan rings is 1.